The third kappa shape index (κ3) is 22.8. The SMILES string of the molecule is CC[C@H](C)[C@H](CC(=O)C12CC(CN1C)C2)C(=O)N(C)[C@H](C[C@@H](OC(C)=O)c1nc(C(=O)N[C@@H](Cc2ccccc2)C[C@H](C)C(=O)OC)cs1)C(C)C.CC[C@H](C)[C@H](N)C(=O)N(C)[C@H](C[C@@H](OC(C)=O)c1nc(C(=O)N[C@@H](Cc2ccccc2)C[C@H](C)C(=O)OC)cs1)C(C)C.CN1CC2CC1(C(=O)O)C2. The van der Waals surface area contributed by atoms with Crippen LogP contribution in [0.25, 0.3) is 0 Å². The molecule has 5 N–H and O–H groups in total. The van der Waals surface area contributed by atoms with Gasteiger partial charge < -0.3 is 50.2 Å². The van der Waals surface area contributed by atoms with E-state index < -0.39 is 76.8 Å². The number of Topliss-reactive ketones (excluding diaryl/α,β-unsaturated/α-hetero) is 1. The van der Waals surface area contributed by atoms with E-state index in [4.69, 9.17) is 29.8 Å². The largest absolute Gasteiger partial charge is 0.480 e. The number of amides is 4. The Kier molecular flexibility index (Phi) is 32.4. The fourth-order valence-electron chi connectivity index (χ4n) is 15.3. The maximum atomic E-state index is 14.3. The summed E-state index contributed by atoms with van der Waals surface area (Å²) in [5, 5.41) is 19.1. The Balaban J connectivity index is 0.000000293. The molecule has 6 aliphatic rings. The van der Waals surface area contributed by atoms with E-state index in [1.54, 1.807) is 48.5 Å². The molecule has 12 atom stereocenters. The van der Waals surface area contributed by atoms with Crippen molar-refractivity contribution in [3.05, 3.63) is 104 Å². The van der Waals surface area contributed by atoms with E-state index in [0.29, 0.717) is 54.0 Å². The molecule has 6 fully saturated rings. The van der Waals surface area contributed by atoms with Crippen molar-refractivity contribution < 1.29 is 72.0 Å². The molecule has 4 aromatic rings. The predicted molar refractivity (Wildman–Crippen MR) is 403 cm³/mol. The lowest BCUT2D eigenvalue weighted by Crippen LogP contribution is -2.53. The molecule has 4 saturated heterocycles. The Hall–Kier alpha value is -7.52. The minimum Gasteiger partial charge on any atom is -0.480 e. The van der Waals surface area contributed by atoms with Gasteiger partial charge in [0.25, 0.3) is 11.8 Å². The number of carboxylic acids is 1. The van der Waals surface area contributed by atoms with E-state index in [2.05, 4.69) is 25.5 Å². The third-order valence-corrected chi connectivity index (χ3v) is 24.0. The number of nitrogens with zero attached hydrogens (tertiary/aromatic N) is 6. The molecular weight excluding hydrogens is 1380 g/mol. The zero-order valence-electron chi connectivity index (χ0n) is 65.0. The van der Waals surface area contributed by atoms with Crippen LogP contribution in [0.4, 0.5) is 0 Å². The van der Waals surface area contributed by atoms with Crippen LogP contribution in [0.1, 0.15) is 208 Å². The predicted octanol–water partition coefficient (Wildman–Crippen LogP) is 10.6. The summed E-state index contributed by atoms with van der Waals surface area (Å²) in [4.78, 5) is 144. The van der Waals surface area contributed by atoms with Gasteiger partial charge in [-0.15, -0.1) is 22.7 Å². The van der Waals surface area contributed by atoms with Crippen LogP contribution in [0, 0.1) is 53.3 Å². The van der Waals surface area contributed by atoms with E-state index in [1.807, 2.05) is 135 Å². The standard InChI is InChI=1S/C40H58N4O7S.C32H48N4O6S.C7H11NO2/c1-10-25(4)31(18-35(46)40-20-29(21-40)22-43(40)7)38(48)44(8)33(24(2)3)19-34(51-27(6)45)37-42-32(23-52-37)36(47)41-30(16-26(5)39(49)50-9)17-28-14-12-11-13-15-28;1-9-20(4)28(33)31(39)36(7)26(19(2)3)17-27(42-22(6)37)30-35-25(18-43-30)29(38)34-24(15-21(5)32(40)41-8)16-23-13-11-10-12-14-23;1-8-4-5-2-7(8,3-5)6(9)10/h11-15,23-26,29-31,33-34H,10,16-22H2,1-9H3,(H,41,47);10-14,18-21,24,26-28H,9,15-17,33H2,1-8H3,(H,34,38);5H,2-4H2,1H3,(H,9,10)/t25-,26-,29?,30+,31-,33+,34+,40?;20-,21-,24+,26+,27+,28-;/m00./s1. The second-order valence-electron chi connectivity index (χ2n) is 30.6. The number of nitrogens with one attached hydrogen (secondary N) is 2. The fraction of sp³-hybridized carbons (Fsp3) is 0.646. The van der Waals surface area contributed by atoms with E-state index in [0.717, 1.165) is 62.7 Å². The first-order valence-electron chi connectivity index (χ1n) is 37.1. The van der Waals surface area contributed by atoms with Crippen molar-refractivity contribution >= 4 is 81.9 Å². The van der Waals surface area contributed by atoms with Gasteiger partial charge in [0, 0.05) is 101 Å². The molecule has 580 valence electrons. The van der Waals surface area contributed by atoms with Crippen molar-refractivity contribution in [2.75, 3.05) is 55.5 Å². The maximum Gasteiger partial charge on any atom is 0.324 e. The molecule has 0 unspecified atom stereocenters. The normalized spacial score (nSPS) is 21.3. The van der Waals surface area contributed by atoms with Crippen LogP contribution in [0.3, 0.4) is 0 Å². The van der Waals surface area contributed by atoms with Gasteiger partial charge in [0.15, 0.2) is 18.0 Å². The van der Waals surface area contributed by atoms with Crippen LogP contribution >= 0.6 is 22.7 Å². The van der Waals surface area contributed by atoms with Crippen molar-refractivity contribution in [2.45, 2.75) is 220 Å². The quantitative estimate of drug-likeness (QED) is 0.0243. The smallest absolute Gasteiger partial charge is 0.324 e. The molecule has 26 heteroatoms. The minimum absolute atomic E-state index is 0.00878. The molecule has 10 rings (SSSR count). The number of fused-ring (bicyclic) bond motifs is 2. The number of nitrogens with two attached hydrogens (primary N) is 1. The number of aromatic nitrogens is 2. The van der Waals surface area contributed by atoms with E-state index in [-0.39, 0.29) is 102 Å². The van der Waals surface area contributed by atoms with Gasteiger partial charge in [-0.1, -0.05) is 143 Å². The number of hydrogen-bond acceptors (Lipinski definition) is 21. The number of carbonyl (C=O) groups excluding carboxylic acids is 9. The number of aliphatic carboxylic acids is 1. The number of hydrogen-bond donors (Lipinski definition) is 4. The Morgan fingerprint density at radius 2 is 0.971 bits per heavy atom. The van der Waals surface area contributed by atoms with Gasteiger partial charge >= 0.3 is 29.8 Å². The highest BCUT2D eigenvalue weighted by atomic mass is 32.1. The molecule has 24 nitrogen and oxygen atoms in total. The van der Waals surface area contributed by atoms with Crippen LogP contribution in [0.5, 0.6) is 0 Å². The highest BCUT2D eigenvalue weighted by Gasteiger charge is 2.60. The van der Waals surface area contributed by atoms with Crippen molar-refractivity contribution in [3.63, 3.8) is 0 Å². The number of methoxy groups -OCH3 is 2. The highest BCUT2D eigenvalue weighted by Crippen LogP contribution is 2.52. The Labute approximate surface area is 629 Å². The molecular formula is C79H117N9O15S2. The van der Waals surface area contributed by atoms with E-state index in [1.165, 1.54) is 50.7 Å². The Bertz CT molecular complexity index is 3560. The van der Waals surface area contributed by atoms with Gasteiger partial charge in [-0.2, -0.15) is 0 Å². The zero-order chi connectivity index (χ0) is 77.9. The Morgan fingerprint density at radius 1 is 0.590 bits per heavy atom. The molecule has 105 heavy (non-hydrogen) atoms. The van der Waals surface area contributed by atoms with Crippen LogP contribution < -0.4 is 16.4 Å². The number of carboxylic acid groups (broad SMARTS) is 1. The second kappa shape index (κ2) is 39.4. The average Bonchev–Trinajstić information content (AvgIpc) is 1.59. The zero-order valence-corrected chi connectivity index (χ0v) is 66.6. The summed E-state index contributed by atoms with van der Waals surface area (Å²) in [5.74, 6) is -3.21. The van der Waals surface area contributed by atoms with Gasteiger partial charge in [-0.05, 0) is 112 Å². The van der Waals surface area contributed by atoms with Crippen molar-refractivity contribution in [2.24, 2.45) is 59.0 Å². The van der Waals surface area contributed by atoms with Gasteiger partial charge in [0.2, 0.25) is 11.8 Å². The van der Waals surface area contributed by atoms with Crippen LogP contribution in [-0.2, 0) is 70.1 Å². The summed E-state index contributed by atoms with van der Waals surface area (Å²) in [6.45, 7) is 24.2. The molecule has 2 aliphatic carbocycles. The first-order chi connectivity index (χ1) is 49.5. The van der Waals surface area contributed by atoms with Gasteiger partial charge in [-0.3, -0.25) is 57.7 Å². The number of esters is 4. The fourth-order valence-corrected chi connectivity index (χ4v) is 17.0. The molecule has 0 radical (unpaired) electrons. The molecule has 4 amide bonds. The molecule has 4 bridgehead atoms. The number of carbonyl (C=O) groups is 10. The number of likely N-dealkylation sites (N-methyl/N-ethyl adjacent to an activating group) is 3. The molecule has 2 aromatic carbocycles. The lowest BCUT2D eigenvalue weighted by atomic mass is 9.68. The van der Waals surface area contributed by atoms with Gasteiger partial charge in [-0.25, -0.2) is 9.97 Å². The van der Waals surface area contributed by atoms with Crippen molar-refractivity contribution in [1.29, 1.82) is 0 Å². The molecule has 6 heterocycles. The summed E-state index contributed by atoms with van der Waals surface area (Å²) >= 11 is 2.44. The molecule has 0 spiro atoms. The molecule has 4 aliphatic heterocycles. The summed E-state index contributed by atoms with van der Waals surface area (Å²) in [5.41, 5.74) is 7.77. The minimum atomic E-state index is -0.798. The Morgan fingerprint density at radius 3 is 1.30 bits per heavy atom. The van der Waals surface area contributed by atoms with Crippen LogP contribution in [0.2, 0.25) is 0 Å². The monoisotopic (exact) mass is 1500 g/mol. The number of ketones is 1. The number of thiazole rings is 2. The van der Waals surface area contributed by atoms with Crippen LogP contribution in [-0.4, -0.2) is 191 Å². The van der Waals surface area contributed by atoms with Gasteiger partial charge in [0.1, 0.15) is 26.9 Å². The lowest BCUT2D eigenvalue weighted by Gasteiger charge is -2.41. The number of ether oxygens (including phenoxy) is 4. The summed E-state index contributed by atoms with van der Waals surface area (Å²) in [6, 6.07) is 17.4. The topological polar surface area (TPSA) is 317 Å². The van der Waals surface area contributed by atoms with Crippen molar-refractivity contribution in [3.8, 4) is 0 Å². The van der Waals surface area contributed by atoms with Crippen LogP contribution in [0.15, 0.2) is 71.4 Å². The van der Waals surface area contributed by atoms with Gasteiger partial charge in [0.05, 0.1) is 37.6 Å². The average molecular weight is 1500 g/mol. The van der Waals surface area contributed by atoms with E-state index >= 15 is 0 Å². The summed E-state index contributed by atoms with van der Waals surface area (Å²) in [6.07, 6.45) is 6.08. The summed E-state index contributed by atoms with van der Waals surface area (Å²) < 4.78 is 21.3. The van der Waals surface area contributed by atoms with E-state index in [9.17, 15) is 47.9 Å². The summed E-state index contributed by atoms with van der Waals surface area (Å²) in [7, 11) is 10.1. The number of rotatable bonds is 36. The molecule has 2 saturated carbocycles. The first-order valence-corrected chi connectivity index (χ1v) is 38.9. The lowest BCUT2D eigenvalue weighted by molar-refractivity contribution is -0.152. The third-order valence-electron chi connectivity index (χ3n) is 22.2. The van der Waals surface area contributed by atoms with Crippen molar-refractivity contribution in [1.82, 2.24) is 40.2 Å². The second-order valence-corrected chi connectivity index (χ2v) is 32.4. The maximum absolute atomic E-state index is 14.3. The highest BCUT2D eigenvalue weighted by molar-refractivity contribution is 7.10. The number of benzene rings is 2. The first kappa shape index (κ1) is 86.4. The molecule has 2 aromatic heterocycles.